The minimum atomic E-state index is -0.830. The van der Waals surface area contributed by atoms with Crippen LogP contribution in [-0.2, 0) is 4.79 Å². The minimum Gasteiger partial charge on any atom is -0.480 e. The number of halogens is 1. The van der Waals surface area contributed by atoms with Gasteiger partial charge < -0.3 is 15.3 Å². The van der Waals surface area contributed by atoms with Gasteiger partial charge in [-0.25, -0.2) is 4.79 Å². The second kappa shape index (κ2) is 6.75. The first kappa shape index (κ1) is 15.0. The van der Waals surface area contributed by atoms with Gasteiger partial charge in [-0.2, -0.15) is 0 Å². The summed E-state index contributed by atoms with van der Waals surface area (Å²) in [5, 5.41) is 11.6. The molecule has 2 amide bonds. The number of aliphatic carboxylic acids is 1. The molecule has 0 spiro atoms. The van der Waals surface area contributed by atoms with Crippen molar-refractivity contribution in [2.75, 3.05) is 32.7 Å². The van der Waals surface area contributed by atoms with E-state index < -0.39 is 12.0 Å². The zero-order chi connectivity index (χ0) is 13.7. The van der Waals surface area contributed by atoms with Crippen LogP contribution in [0.15, 0.2) is 11.1 Å². The smallest absolute Gasteiger partial charge is 0.320 e. The Hall–Kier alpha value is -1.08. The van der Waals surface area contributed by atoms with E-state index in [1.54, 1.807) is 11.8 Å². The second-order valence-corrected chi connectivity index (χ2v) is 5.33. The molecular formula is C11H18BrN3O3. The molecule has 0 aliphatic carbocycles. The summed E-state index contributed by atoms with van der Waals surface area (Å²) in [7, 11) is 0. The number of carboxylic acid groups (broad SMARTS) is 1. The molecule has 1 atom stereocenters. The van der Waals surface area contributed by atoms with Crippen molar-refractivity contribution in [3.05, 3.63) is 11.1 Å². The highest BCUT2D eigenvalue weighted by molar-refractivity contribution is 9.11. The quantitative estimate of drug-likeness (QED) is 0.800. The molecule has 0 aromatic rings. The number of hydrogen-bond acceptors (Lipinski definition) is 3. The lowest BCUT2D eigenvalue weighted by Crippen LogP contribution is -2.55. The van der Waals surface area contributed by atoms with Gasteiger partial charge >= 0.3 is 12.0 Å². The molecule has 0 radical (unpaired) electrons. The van der Waals surface area contributed by atoms with Gasteiger partial charge in [0, 0.05) is 30.7 Å². The second-order valence-electron chi connectivity index (χ2n) is 4.21. The Bertz CT molecular complexity index is 340. The normalized spacial score (nSPS) is 18.2. The molecule has 1 rings (SSSR count). The molecule has 18 heavy (non-hydrogen) atoms. The van der Waals surface area contributed by atoms with Gasteiger partial charge in [-0.1, -0.05) is 22.5 Å². The average molecular weight is 320 g/mol. The highest BCUT2D eigenvalue weighted by Crippen LogP contribution is 2.07. The van der Waals surface area contributed by atoms with Gasteiger partial charge in [0.1, 0.15) is 6.04 Å². The van der Waals surface area contributed by atoms with Crippen LogP contribution in [0.4, 0.5) is 4.79 Å². The van der Waals surface area contributed by atoms with Crippen LogP contribution in [-0.4, -0.2) is 65.7 Å². The molecule has 1 fully saturated rings. The molecule has 6 nitrogen and oxygen atoms in total. The van der Waals surface area contributed by atoms with Crippen LogP contribution >= 0.6 is 15.9 Å². The maximum absolute atomic E-state index is 11.7. The number of carboxylic acids is 1. The van der Waals surface area contributed by atoms with E-state index in [9.17, 15) is 9.59 Å². The molecule has 2 N–H and O–H groups in total. The number of amides is 2. The molecule has 0 saturated carbocycles. The Morgan fingerprint density at radius 3 is 2.39 bits per heavy atom. The molecule has 1 aliphatic rings. The first-order valence-electron chi connectivity index (χ1n) is 5.74. The summed E-state index contributed by atoms with van der Waals surface area (Å²) in [6.45, 7) is 7.93. The molecule has 1 heterocycles. The zero-order valence-corrected chi connectivity index (χ0v) is 11.9. The molecule has 0 aromatic heterocycles. The summed E-state index contributed by atoms with van der Waals surface area (Å²) in [5.74, 6) is -0.830. The Morgan fingerprint density at radius 1 is 1.39 bits per heavy atom. The number of nitrogens with zero attached hydrogens (tertiary/aromatic N) is 2. The molecule has 1 saturated heterocycles. The van der Waals surface area contributed by atoms with E-state index in [1.807, 2.05) is 4.90 Å². The third-order valence-electron chi connectivity index (χ3n) is 2.94. The van der Waals surface area contributed by atoms with Crippen molar-refractivity contribution in [3.63, 3.8) is 0 Å². The van der Waals surface area contributed by atoms with E-state index in [-0.39, 0.29) is 6.03 Å². The van der Waals surface area contributed by atoms with Crippen LogP contribution in [0.25, 0.3) is 0 Å². The lowest BCUT2D eigenvalue weighted by atomic mass is 10.2. The van der Waals surface area contributed by atoms with E-state index in [1.165, 1.54) is 0 Å². The average Bonchev–Trinajstić information content (AvgIpc) is 2.35. The van der Waals surface area contributed by atoms with Crippen LogP contribution in [0, 0.1) is 0 Å². The van der Waals surface area contributed by atoms with Crippen molar-refractivity contribution < 1.29 is 14.7 Å². The van der Waals surface area contributed by atoms with Gasteiger partial charge in [-0.3, -0.25) is 9.69 Å². The van der Waals surface area contributed by atoms with Crippen LogP contribution in [0.3, 0.4) is 0 Å². The van der Waals surface area contributed by atoms with Gasteiger partial charge in [0.2, 0.25) is 0 Å². The third-order valence-corrected chi connectivity index (χ3v) is 3.22. The Morgan fingerprint density at radius 2 is 1.94 bits per heavy atom. The number of carbonyl (C=O) groups is 2. The highest BCUT2D eigenvalue weighted by atomic mass is 79.9. The van der Waals surface area contributed by atoms with Crippen molar-refractivity contribution in [3.8, 4) is 0 Å². The Labute approximate surface area is 115 Å². The Kier molecular flexibility index (Phi) is 5.61. The summed E-state index contributed by atoms with van der Waals surface area (Å²) in [4.78, 5) is 26.1. The van der Waals surface area contributed by atoms with Crippen LogP contribution in [0.5, 0.6) is 0 Å². The fraction of sp³-hybridized carbons (Fsp3) is 0.636. The van der Waals surface area contributed by atoms with E-state index in [4.69, 9.17) is 5.11 Å². The van der Waals surface area contributed by atoms with Crippen LogP contribution < -0.4 is 5.32 Å². The largest absolute Gasteiger partial charge is 0.480 e. The predicted octanol–water partition coefficient (Wildman–Crippen LogP) is 0.695. The summed E-state index contributed by atoms with van der Waals surface area (Å²) in [6.07, 6.45) is 0. The molecule has 7 heteroatoms. The lowest BCUT2D eigenvalue weighted by molar-refractivity contribution is -0.143. The van der Waals surface area contributed by atoms with Gasteiger partial charge in [0.15, 0.2) is 0 Å². The lowest BCUT2D eigenvalue weighted by Gasteiger charge is -2.36. The van der Waals surface area contributed by atoms with Crippen LogP contribution in [0.2, 0.25) is 0 Å². The number of rotatable bonds is 4. The van der Waals surface area contributed by atoms with Gasteiger partial charge in [0.25, 0.3) is 0 Å². The van der Waals surface area contributed by atoms with Gasteiger partial charge in [0.05, 0.1) is 6.54 Å². The molecular weight excluding hydrogens is 302 g/mol. The standard InChI is InChI=1S/C11H18BrN3O3/c1-8(12)7-13-11(18)15-5-3-14(4-6-15)9(2)10(16)17/h9H,1,3-7H2,2H3,(H,13,18)(H,16,17). The van der Waals surface area contributed by atoms with Crippen molar-refractivity contribution in [2.24, 2.45) is 0 Å². The van der Waals surface area contributed by atoms with E-state index in [0.29, 0.717) is 37.2 Å². The summed E-state index contributed by atoms with van der Waals surface area (Å²) in [6, 6.07) is -0.643. The van der Waals surface area contributed by atoms with Crippen molar-refractivity contribution in [2.45, 2.75) is 13.0 Å². The number of piperazine rings is 1. The number of urea groups is 1. The maximum atomic E-state index is 11.7. The molecule has 1 aliphatic heterocycles. The van der Waals surface area contributed by atoms with Gasteiger partial charge in [-0.05, 0) is 6.92 Å². The van der Waals surface area contributed by atoms with E-state index >= 15 is 0 Å². The fourth-order valence-corrected chi connectivity index (χ4v) is 1.89. The maximum Gasteiger partial charge on any atom is 0.320 e. The monoisotopic (exact) mass is 319 g/mol. The number of hydrogen-bond donors (Lipinski definition) is 2. The highest BCUT2D eigenvalue weighted by Gasteiger charge is 2.26. The van der Waals surface area contributed by atoms with E-state index in [2.05, 4.69) is 27.8 Å². The number of carbonyl (C=O) groups excluding carboxylic acids is 1. The first-order chi connectivity index (χ1) is 8.41. The van der Waals surface area contributed by atoms with E-state index in [0.717, 1.165) is 0 Å². The summed E-state index contributed by atoms with van der Waals surface area (Å²) in [5.41, 5.74) is 0. The predicted molar refractivity (Wildman–Crippen MR) is 71.7 cm³/mol. The van der Waals surface area contributed by atoms with Gasteiger partial charge in [-0.15, -0.1) is 0 Å². The molecule has 1 unspecified atom stereocenters. The Balaban J connectivity index is 2.37. The number of nitrogens with one attached hydrogen (secondary N) is 1. The van der Waals surface area contributed by atoms with Crippen molar-refractivity contribution in [1.29, 1.82) is 0 Å². The zero-order valence-electron chi connectivity index (χ0n) is 10.4. The molecule has 0 aromatic carbocycles. The fourth-order valence-electron chi connectivity index (χ4n) is 1.75. The van der Waals surface area contributed by atoms with Crippen molar-refractivity contribution >= 4 is 27.9 Å². The first-order valence-corrected chi connectivity index (χ1v) is 6.54. The topological polar surface area (TPSA) is 72.9 Å². The summed E-state index contributed by atoms with van der Waals surface area (Å²) >= 11 is 3.17. The molecule has 0 bridgehead atoms. The molecule has 102 valence electrons. The van der Waals surface area contributed by atoms with Crippen molar-refractivity contribution in [1.82, 2.24) is 15.1 Å². The summed E-state index contributed by atoms with van der Waals surface area (Å²) < 4.78 is 0.717. The minimum absolute atomic E-state index is 0.141. The third kappa shape index (κ3) is 4.30. The van der Waals surface area contributed by atoms with Crippen LogP contribution in [0.1, 0.15) is 6.92 Å². The SMILES string of the molecule is C=C(Br)CNC(=O)N1CCN(C(C)C(=O)O)CC1.